The van der Waals surface area contributed by atoms with E-state index >= 15 is 0 Å². The van der Waals surface area contributed by atoms with Gasteiger partial charge < -0.3 is 5.32 Å². The molecule has 0 amide bonds. The first-order chi connectivity index (χ1) is 11.5. The number of rotatable bonds is 5. The summed E-state index contributed by atoms with van der Waals surface area (Å²) in [5, 5.41) is 3.36. The van der Waals surface area contributed by atoms with Crippen molar-refractivity contribution in [2.24, 2.45) is 10.9 Å². The molecule has 0 saturated carbocycles. The van der Waals surface area contributed by atoms with E-state index in [9.17, 15) is 0 Å². The molecule has 1 atom stereocenters. The fourth-order valence-corrected chi connectivity index (χ4v) is 2.93. The maximum absolute atomic E-state index is 5.94. The Kier molecular flexibility index (Phi) is 6.84. The van der Waals surface area contributed by atoms with Gasteiger partial charge >= 0.3 is 0 Å². The van der Waals surface area contributed by atoms with Gasteiger partial charge in [0.2, 0.25) is 0 Å². The van der Waals surface area contributed by atoms with Crippen molar-refractivity contribution in [1.82, 2.24) is 4.98 Å². The lowest BCUT2D eigenvalue weighted by Crippen LogP contribution is -2.01. The van der Waals surface area contributed by atoms with Gasteiger partial charge in [0.05, 0.1) is 20.6 Å². The van der Waals surface area contributed by atoms with E-state index in [0.717, 1.165) is 44.9 Å². The fraction of sp³-hybridized carbons (Fsp3) is 0.368. The third-order valence-corrected chi connectivity index (χ3v) is 4.67. The molecule has 2 heterocycles. The maximum atomic E-state index is 5.94. The minimum atomic E-state index is 0.446. The Labute approximate surface area is 153 Å². The van der Waals surface area contributed by atoms with Crippen molar-refractivity contribution in [3.63, 3.8) is 0 Å². The zero-order valence-electron chi connectivity index (χ0n) is 14.5. The van der Waals surface area contributed by atoms with Crippen LogP contribution in [0.1, 0.15) is 43.5 Å². The number of pyridine rings is 1. The number of halogens is 1. The summed E-state index contributed by atoms with van der Waals surface area (Å²) in [7, 11) is 0. The second kappa shape index (κ2) is 8.86. The molecule has 0 spiro atoms. The lowest BCUT2D eigenvalue weighted by atomic mass is 10.1. The molecule has 0 aliphatic heterocycles. The minimum absolute atomic E-state index is 0.446. The molecule has 24 heavy (non-hydrogen) atoms. The summed E-state index contributed by atoms with van der Waals surface area (Å²) in [6.45, 7) is 9.17. The molecular formula is C19H22ClN3S. The average Bonchev–Trinajstić information content (AvgIpc) is 2.97. The van der Waals surface area contributed by atoms with E-state index < -0.39 is 0 Å². The molecule has 0 aromatic carbocycles. The van der Waals surface area contributed by atoms with E-state index in [1.54, 1.807) is 0 Å². The Bertz CT molecular complexity index is 784. The number of anilines is 1. The third-order valence-electron chi connectivity index (χ3n) is 3.52. The Morgan fingerprint density at radius 2 is 2.17 bits per heavy atom. The Morgan fingerprint density at radius 1 is 1.38 bits per heavy atom. The number of hydrogen-bond acceptors (Lipinski definition) is 4. The van der Waals surface area contributed by atoms with Crippen LogP contribution in [0.25, 0.3) is 0 Å². The summed E-state index contributed by atoms with van der Waals surface area (Å²) in [6.07, 6.45) is 3.06. The lowest BCUT2D eigenvalue weighted by Gasteiger charge is -2.11. The maximum Gasteiger partial charge on any atom is 0.116 e. The van der Waals surface area contributed by atoms with E-state index in [2.05, 4.69) is 47.9 Å². The Hall–Kier alpha value is -1.83. The Morgan fingerprint density at radius 3 is 2.79 bits per heavy atom. The average molecular weight is 360 g/mol. The molecule has 3 nitrogen and oxygen atoms in total. The third kappa shape index (κ3) is 5.09. The molecule has 0 bridgehead atoms. The van der Waals surface area contributed by atoms with E-state index in [1.165, 1.54) is 11.3 Å². The highest BCUT2D eigenvalue weighted by Gasteiger charge is 2.08. The predicted octanol–water partition coefficient (Wildman–Crippen LogP) is 5.68. The second-order valence-electron chi connectivity index (χ2n) is 5.54. The van der Waals surface area contributed by atoms with Crippen LogP contribution in [0.5, 0.6) is 0 Å². The molecule has 5 heteroatoms. The van der Waals surface area contributed by atoms with Gasteiger partial charge in [0.25, 0.3) is 0 Å². The van der Waals surface area contributed by atoms with Crippen molar-refractivity contribution in [3.8, 4) is 11.8 Å². The molecule has 126 valence electrons. The highest BCUT2D eigenvalue weighted by molar-refractivity contribution is 7.16. The quantitative estimate of drug-likeness (QED) is 0.550. The summed E-state index contributed by atoms with van der Waals surface area (Å²) < 4.78 is 0.742. The van der Waals surface area contributed by atoms with Crippen molar-refractivity contribution in [3.05, 3.63) is 38.8 Å². The Balaban J connectivity index is 2.35. The van der Waals surface area contributed by atoms with Crippen LogP contribution in [0.4, 0.5) is 11.4 Å². The van der Waals surface area contributed by atoms with Gasteiger partial charge in [0.15, 0.2) is 0 Å². The highest BCUT2D eigenvalue weighted by atomic mass is 35.5. The first-order valence-electron chi connectivity index (χ1n) is 8.10. The SMILES string of the molecule is CCNc1cc(C#Cc2ccc(Cl)s2)nc(C)c1/N=C\C(C)CC. The van der Waals surface area contributed by atoms with E-state index in [-0.39, 0.29) is 0 Å². The molecule has 1 N–H and O–H groups in total. The van der Waals surface area contributed by atoms with Gasteiger partial charge in [-0.25, -0.2) is 4.98 Å². The van der Waals surface area contributed by atoms with Crippen LogP contribution in [-0.2, 0) is 0 Å². The summed E-state index contributed by atoms with van der Waals surface area (Å²) >= 11 is 7.40. The van der Waals surface area contributed by atoms with Crippen LogP contribution in [0.15, 0.2) is 23.2 Å². The highest BCUT2D eigenvalue weighted by Crippen LogP contribution is 2.29. The topological polar surface area (TPSA) is 37.3 Å². The van der Waals surface area contributed by atoms with Crippen molar-refractivity contribution in [1.29, 1.82) is 0 Å². The van der Waals surface area contributed by atoms with Crippen LogP contribution in [0.3, 0.4) is 0 Å². The lowest BCUT2D eigenvalue weighted by molar-refractivity contribution is 0.754. The van der Waals surface area contributed by atoms with Crippen LogP contribution in [0, 0.1) is 24.7 Å². The number of nitrogens with one attached hydrogen (secondary N) is 1. The second-order valence-corrected chi connectivity index (χ2v) is 7.25. The smallest absolute Gasteiger partial charge is 0.116 e. The van der Waals surface area contributed by atoms with Crippen molar-refractivity contribution in [2.75, 3.05) is 11.9 Å². The molecule has 0 aliphatic carbocycles. The number of nitrogens with zero attached hydrogens (tertiary/aromatic N) is 2. The normalized spacial score (nSPS) is 12.0. The first-order valence-corrected chi connectivity index (χ1v) is 9.30. The summed E-state index contributed by atoms with van der Waals surface area (Å²) in [5.41, 5.74) is 3.47. The monoisotopic (exact) mass is 359 g/mol. The summed E-state index contributed by atoms with van der Waals surface area (Å²) in [4.78, 5) is 10.2. The number of aryl methyl sites for hydroxylation is 1. The molecular weight excluding hydrogens is 338 g/mol. The van der Waals surface area contributed by atoms with Crippen LogP contribution in [-0.4, -0.2) is 17.7 Å². The molecule has 2 aromatic rings. The minimum Gasteiger partial charge on any atom is -0.383 e. The number of aromatic nitrogens is 1. The van der Waals surface area contributed by atoms with Gasteiger partial charge in [-0.1, -0.05) is 25.4 Å². The molecule has 0 aliphatic rings. The van der Waals surface area contributed by atoms with Gasteiger partial charge in [-0.05, 0) is 56.2 Å². The van der Waals surface area contributed by atoms with Crippen molar-refractivity contribution in [2.45, 2.75) is 34.1 Å². The number of hydrogen-bond donors (Lipinski definition) is 1. The number of aliphatic imine (C=N–C) groups is 1. The molecule has 0 fully saturated rings. The van der Waals surface area contributed by atoms with E-state index in [4.69, 9.17) is 11.6 Å². The van der Waals surface area contributed by atoms with Crippen LogP contribution < -0.4 is 5.32 Å². The zero-order valence-corrected chi connectivity index (χ0v) is 16.1. The van der Waals surface area contributed by atoms with Crippen molar-refractivity contribution < 1.29 is 0 Å². The van der Waals surface area contributed by atoms with Crippen molar-refractivity contribution >= 4 is 40.5 Å². The van der Waals surface area contributed by atoms with Gasteiger partial charge in [-0.3, -0.25) is 4.99 Å². The predicted molar refractivity (Wildman–Crippen MR) is 106 cm³/mol. The van der Waals surface area contributed by atoms with Crippen LogP contribution >= 0.6 is 22.9 Å². The molecule has 2 aromatic heterocycles. The molecule has 1 unspecified atom stereocenters. The molecule has 2 rings (SSSR count). The van der Waals surface area contributed by atoms with E-state index in [0.29, 0.717) is 5.92 Å². The van der Waals surface area contributed by atoms with Gasteiger partial charge in [0.1, 0.15) is 11.4 Å². The van der Waals surface area contributed by atoms with Gasteiger partial charge in [-0.2, -0.15) is 0 Å². The fourth-order valence-electron chi connectivity index (χ4n) is 2.03. The van der Waals surface area contributed by atoms with Gasteiger partial charge in [0, 0.05) is 12.8 Å². The molecule has 0 saturated heterocycles. The van der Waals surface area contributed by atoms with E-state index in [1.807, 2.05) is 31.3 Å². The first kappa shape index (κ1) is 18.5. The molecule has 0 radical (unpaired) electrons. The standard InChI is InChI=1S/C19H22ClN3S/c1-5-13(3)12-22-19-14(4)23-15(11-17(19)21-6-2)7-8-16-9-10-18(20)24-16/h9-13H,5-6H2,1-4H3,(H,21,23)/b22-12-. The van der Waals surface area contributed by atoms with Gasteiger partial charge in [-0.15, -0.1) is 11.3 Å². The summed E-state index contributed by atoms with van der Waals surface area (Å²) in [6, 6.07) is 5.73. The largest absolute Gasteiger partial charge is 0.383 e. The summed E-state index contributed by atoms with van der Waals surface area (Å²) in [5.74, 6) is 6.67. The number of thiophene rings is 1. The van der Waals surface area contributed by atoms with Crippen LogP contribution in [0.2, 0.25) is 4.34 Å². The zero-order chi connectivity index (χ0) is 17.5.